The second-order valence-electron chi connectivity index (χ2n) is 8.29. The fourth-order valence-electron chi connectivity index (χ4n) is 4.26. The van der Waals surface area contributed by atoms with E-state index in [0.29, 0.717) is 13.1 Å². The number of carbonyl (C=O) groups excluding carboxylic acids is 1. The highest BCUT2D eigenvalue weighted by atomic mass is 16.7. The number of rotatable bonds is 8. The van der Waals surface area contributed by atoms with Crippen LogP contribution in [-0.4, -0.2) is 30.3 Å². The number of hydrogen-bond acceptors (Lipinski definition) is 4. The lowest BCUT2D eigenvalue weighted by Crippen LogP contribution is -2.43. The predicted molar refractivity (Wildman–Crippen MR) is 128 cm³/mol. The summed E-state index contributed by atoms with van der Waals surface area (Å²) in [5.74, 6) is 1.53. The van der Waals surface area contributed by atoms with Crippen LogP contribution in [0.5, 0.6) is 11.5 Å². The maximum absolute atomic E-state index is 12.8. The Kier molecular flexibility index (Phi) is 6.00. The van der Waals surface area contributed by atoms with E-state index in [9.17, 15) is 4.79 Å². The predicted octanol–water partition coefficient (Wildman–Crippen LogP) is 4.32. The first-order valence-corrected chi connectivity index (χ1v) is 11.2. The Morgan fingerprint density at radius 2 is 1.79 bits per heavy atom. The Labute approximate surface area is 192 Å². The molecule has 0 spiro atoms. The van der Waals surface area contributed by atoms with Gasteiger partial charge >= 0.3 is 0 Å². The standard InChI is InChI=1S/C27H27N3O3/c1-18(27(31)30-14-19-11-12-25-26(13-19)33-17-32-25)28-15-22(20-7-3-2-4-8-20)23-16-29-24-10-6-5-9-21(23)24/h2-13,16,18,22,28-29H,14-15,17H2,1H3,(H,30,31)/t18-,22-/m0/s1. The van der Waals surface area contributed by atoms with E-state index in [-0.39, 0.29) is 24.7 Å². The van der Waals surface area contributed by atoms with E-state index in [1.54, 1.807) is 0 Å². The maximum Gasteiger partial charge on any atom is 0.237 e. The zero-order valence-corrected chi connectivity index (χ0v) is 18.5. The van der Waals surface area contributed by atoms with Crippen molar-refractivity contribution in [1.29, 1.82) is 0 Å². The minimum absolute atomic E-state index is 0.0431. The molecule has 0 fully saturated rings. The number of H-pyrrole nitrogens is 1. The van der Waals surface area contributed by atoms with Crippen molar-refractivity contribution in [3.63, 3.8) is 0 Å². The van der Waals surface area contributed by atoms with Crippen LogP contribution in [0.15, 0.2) is 79.0 Å². The number of carbonyl (C=O) groups is 1. The van der Waals surface area contributed by atoms with Crippen LogP contribution in [-0.2, 0) is 11.3 Å². The summed E-state index contributed by atoms with van der Waals surface area (Å²) in [4.78, 5) is 16.1. The summed E-state index contributed by atoms with van der Waals surface area (Å²) in [5.41, 5.74) is 4.52. The Balaban J connectivity index is 1.25. The molecule has 2 heterocycles. The zero-order valence-electron chi connectivity index (χ0n) is 18.5. The van der Waals surface area contributed by atoms with E-state index in [0.717, 1.165) is 22.6 Å². The summed E-state index contributed by atoms with van der Waals surface area (Å²) in [5, 5.41) is 7.66. The minimum Gasteiger partial charge on any atom is -0.454 e. The van der Waals surface area contributed by atoms with Gasteiger partial charge in [0, 0.05) is 36.1 Å². The van der Waals surface area contributed by atoms with Crippen LogP contribution in [0, 0.1) is 0 Å². The van der Waals surface area contributed by atoms with Gasteiger partial charge in [-0.1, -0.05) is 54.6 Å². The maximum atomic E-state index is 12.8. The Hall–Kier alpha value is -3.77. The molecule has 3 aromatic carbocycles. The molecule has 0 radical (unpaired) electrons. The third-order valence-corrected chi connectivity index (χ3v) is 6.12. The Morgan fingerprint density at radius 3 is 2.67 bits per heavy atom. The number of fused-ring (bicyclic) bond motifs is 2. The van der Waals surface area contributed by atoms with Crippen molar-refractivity contribution >= 4 is 16.8 Å². The molecule has 0 unspecified atom stereocenters. The molecule has 2 atom stereocenters. The average molecular weight is 442 g/mol. The van der Waals surface area contributed by atoms with Crippen molar-refractivity contribution in [1.82, 2.24) is 15.6 Å². The van der Waals surface area contributed by atoms with Crippen LogP contribution < -0.4 is 20.1 Å². The molecule has 3 N–H and O–H groups in total. The zero-order chi connectivity index (χ0) is 22.6. The van der Waals surface area contributed by atoms with E-state index in [4.69, 9.17) is 9.47 Å². The van der Waals surface area contributed by atoms with Gasteiger partial charge < -0.3 is 25.1 Å². The summed E-state index contributed by atoms with van der Waals surface area (Å²) in [6.07, 6.45) is 2.08. The van der Waals surface area contributed by atoms with Crippen molar-refractivity contribution in [2.24, 2.45) is 0 Å². The van der Waals surface area contributed by atoms with Crippen LogP contribution >= 0.6 is 0 Å². The number of ether oxygens (including phenoxy) is 2. The third kappa shape index (κ3) is 4.56. The molecule has 0 saturated heterocycles. The van der Waals surface area contributed by atoms with Crippen molar-refractivity contribution < 1.29 is 14.3 Å². The average Bonchev–Trinajstić information content (AvgIpc) is 3.50. The van der Waals surface area contributed by atoms with E-state index < -0.39 is 0 Å². The molecular weight excluding hydrogens is 414 g/mol. The highest BCUT2D eigenvalue weighted by molar-refractivity contribution is 5.84. The van der Waals surface area contributed by atoms with Gasteiger partial charge in [-0.25, -0.2) is 0 Å². The second kappa shape index (κ2) is 9.38. The van der Waals surface area contributed by atoms with E-state index in [1.807, 2.05) is 37.3 Å². The van der Waals surface area contributed by atoms with Crippen LogP contribution in [0.1, 0.15) is 29.5 Å². The molecule has 1 aliphatic rings. The molecule has 5 rings (SSSR count). The fourth-order valence-corrected chi connectivity index (χ4v) is 4.26. The number of para-hydroxylation sites is 1. The van der Waals surface area contributed by atoms with Gasteiger partial charge in [-0.05, 0) is 41.8 Å². The van der Waals surface area contributed by atoms with Crippen molar-refractivity contribution in [3.8, 4) is 11.5 Å². The first kappa shape index (κ1) is 21.1. The second-order valence-corrected chi connectivity index (χ2v) is 8.29. The normalized spacial score (nSPS) is 14.2. The molecule has 0 aliphatic carbocycles. The summed E-state index contributed by atoms with van der Waals surface area (Å²) < 4.78 is 10.8. The molecule has 33 heavy (non-hydrogen) atoms. The van der Waals surface area contributed by atoms with Crippen LogP contribution in [0.2, 0.25) is 0 Å². The smallest absolute Gasteiger partial charge is 0.237 e. The topological polar surface area (TPSA) is 75.4 Å². The molecule has 6 nitrogen and oxygen atoms in total. The molecule has 1 amide bonds. The van der Waals surface area contributed by atoms with Gasteiger partial charge in [-0.2, -0.15) is 0 Å². The first-order valence-electron chi connectivity index (χ1n) is 11.2. The van der Waals surface area contributed by atoms with E-state index >= 15 is 0 Å². The van der Waals surface area contributed by atoms with Crippen LogP contribution in [0.4, 0.5) is 0 Å². The van der Waals surface area contributed by atoms with Crippen molar-refractivity contribution in [2.45, 2.75) is 25.4 Å². The minimum atomic E-state index is -0.338. The van der Waals surface area contributed by atoms with Gasteiger partial charge in [0.2, 0.25) is 12.7 Å². The van der Waals surface area contributed by atoms with Gasteiger partial charge in [0.05, 0.1) is 6.04 Å². The molecule has 1 aromatic heterocycles. The molecular formula is C27H27N3O3. The van der Waals surface area contributed by atoms with E-state index in [1.165, 1.54) is 16.5 Å². The number of amides is 1. The van der Waals surface area contributed by atoms with E-state index in [2.05, 4.69) is 64.3 Å². The lowest BCUT2D eigenvalue weighted by Gasteiger charge is -2.21. The number of hydrogen-bond donors (Lipinski definition) is 3. The highest BCUT2D eigenvalue weighted by Crippen LogP contribution is 2.32. The highest BCUT2D eigenvalue weighted by Gasteiger charge is 2.21. The summed E-state index contributed by atoms with van der Waals surface area (Å²) in [6.45, 7) is 3.22. The van der Waals surface area contributed by atoms with Gasteiger partial charge in [0.25, 0.3) is 0 Å². The Morgan fingerprint density at radius 1 is 1.00 bits per heavy atom. The van der Waals surface area contributed by atoms with Crippen LogP contribution in [0.3, 0.4) is 0 Å². The third-order valence-electron chi connectivity index (χ3n) is 6.12. The van der Waals surface area contributed by atoms with Gasteiger partial charge in [0.15, 0.2) is 11.5 Å². The largest absolute Gasteiger partial charge is 0.454 e. The number of aromatic nitrogens is 1. The van der Waals surface area contributed by atoms with Gasteiger partial charge in [-0.15, -0.1) is 0 Å². The first-order chi connectivity index (χ1) is 16.2. The number of aromatic amines is 1. The molecule has 0 bridgehead atoms. The molecule has 168 valence electrons. The summed E-state index contributed by atoms with van der Waals surface area (Å²) in [6, 6.07) is 24.1. The molecule has 1 aliphatic heterocycles. The molecule has 0 saturated carbocycles. The van der Waals surface area contributed by atoms with Crippen molar-refractivity contribution in [3.05, 3.63) is 95.7 Å². The van der Waals surface area contributed by atoms with Crippen LogP contribution in [0.25, 0.3) is 10.9 Å². The van der Waals surface area contributed by atoms with Gasteiger partial charge in [-0.3, -0.25) is 4.79 Å². The lowest BCUT2D eigenvalue weighted by molar-refractivity contribution is -0.122. The van der Waals surface area contributed by atoms with Gasteiger partial charge in [0.1, 0.15) is 0 Å². The number of nitrogens with one attached hydrogen (secondary N) is 3. The Bertz CT molecular complexity index is 1250. The number of benzene rings is 3. The van der Waals surface area contributed by atoms with Crippen molar-refractivity contribution in [2.75, 3.05) is 13.3 Å². The monoisotopic (exact) mass is 441 g/mol. The summed E-state index contributed by atoms with van der Waals surface area (Å²) in [7, 11) is 0. The lowest BCUT2D eigenvalue weighted by atomic mass is 9.90. The quantitative estimate of drug-likeness (QED) is 0.381. The molecule has 4 aromatic rings. The molecule has 6 heteroatoms. The SMILES string of the molecule is C[C@H](NC[C@@H](c1ccccc1)c1c[nH]c2ccccc12)C(=O)NCc1ccc2c(c1)OCO2. The summed E-state index contributed by atoms with van der Waals surface area (Å²) >= 11 is 0. The fraction of sp³-hybridized carbons (Fsp3) is 0.222.